The highest BCUT2D eigenvalue weighted by Crippen LogP contribution is 2.58. The Balaban J connectivity index is 6.12. The van der Waals surface area contributed by atoms with E-state index in [0.717, 1.165) is 0 Å². The van der Waals surface area contributed by atoms with Crippen LogP contribution in [0.25, 0.3) is 0 Å². The van der Waals surface area contributed by atoms with E-state index in [1.165, 1.54) is 0 Å². The molecule has 1 nitrogen and oxygen atoms in total. The van der Waals surface area contributed by atoms with Crippen LogP contribution in [-0.2, 0) is 0 Å². The summed E-state index contributed by atoms with van der Waals surface area (Å²) in [4.78, 5) is -7.48. The van der Waals surface area contributed by atoms with Gasteiger partial charge in [-0.25, -0.2) is 0 Å². The molecule has 18 heavy (non-hydrogen) atoms. The number of hydrogen-bond donors (Lipinski definition) is 1. The summed E-state index contributed by atoms with van der Waals surface area (Å²) in [5.74, 6) is 0. The van der Waals surface area contributed by atoms with E-state index in [9.17, 15) is 5.11 Å². The van der Waals surface area contributed by atoms with Crippen LogP contribution in [-0.4, -0.2) is 34.9 Å². The normalized spacial score (nSPS) is 14.7. The van der Waals surface area contributed by atoms with Crippen LogP contribution >= 0.6 is 116 Å². The van der Waals surface area contributed by atoms with Crippen LogP contribution in [0.1, 0.15) is 0 Å². The molecule has 0 aliphatic heterocycles. The summed E-state index contributed by atoms with van der Waals surface area (Å²) in [7, 11) is 0. The van der Waals surface area contributed by atoms with E-state index in [1.54, 1.807) is 0 Å². The average Bonchev–Trinajstić information content (AvgIpc) is 2.15. The van der Waals surface area contributed by atoms with Crippen LogP contribution < -0.4 is 0 Å². The molecule has 0 fully saturated rings. The maximum Gasteiger partial charge on any atom is 0.139 e. The molecular weight excluding hydrogens is 455 g/mol. The molecule has 0 aliphatic carbocycles. The largest absolute Gasteiger partial charge is 0.383 e. The van der Waals surface area contributed by atoms with Crippen molar-refractivity contribution >= 4 is 116 Å². The lowest BCUT2D eigenvalue weighted by Gasteiger charge is -2.51. The number of hydrogen-bond acceptors (Lipinski definition) is 1. The summed E-state index contributed by atoms with van der Waals surface area (Å²) in [6.07, 6.45) is 0. The summed E-state index contributed by atoms with van der Waals surface area (Å²) in [6, 6.07) is 0. The number of halogens is 10. The molecule has 0 spiro atoms. The van der Waals surface area contributed by atoms with Gasteiger partial charge in [-0.05, 0) is 0 Å². The van der Waals surface area contributed by atoms with Crippen molar-refractivity contribution in [3.8, 4) is 0 Å². The van der Waals surface area contributed by atoms with Crippen LogP contribution in [0, 0.1) is 5.41 Å². The predicted octanol–water partition coefficient (Wildman–Crippen LogP) is 5.72. The summed E-state index contributed by atoms with van der Waals surface area (Å²) in [5, 5.41) is 10.6. The van der Waals surface area contributed by atoms with Crippen LogP contribution in [0.5, 0.6) is 0 Å². The Labute approximate surface area is 155 Å². The number of alkyl halides is 10. The zero-order valence-corrected chi connectivity index (χ0v) is 15.7. The Hall–Kier alpha value is 2.86. The van der Waals surface area contributed by atoms with E-state index in [4.69, 9.17) is 116 Å². The molecule has 0 aromatic carbocycles. The third kappa shape index (κ3) is 3.43. The Morgan fingerprint density at radius 1 is 0.500 bits per heavy atom. The maximum absolute atomic E-state index is 10.6. The highest BCUT2D eigenvalue weighted by atomic mass is 35.5. The van der Waals surface area contributed by atoms with Crippen molar-refractivity contribution in [2.24, 2.45) is 5.41 Å². The Kier molecular flexibility index (Phi) is 9.18. The standard InChI is InChI=1S/C7H6Cl10O/c8-1(9)6(2(10)11,3(12)13)7(18,4(14)15)5(16)17/h1-5,18H. The SMILES string of the molecule is OC(C(Cl)Cl)(C(Cl)Cl)C(C(Cl)Cl)(C(Cl)Cl)C(Cl)Cl. The van der Waals surface area contributed by atoms with E-state index in [0.29, 0.717) is 0 Å². The Morgan fingerprint density at radius 3 is 0.778 bits per heavy atom. The van der Waals surface area contributed by atoms with E-state index < -0.39 is 35.2 Å². The smallest absolute Gasteiger partial charge is 0.139 e. The average molecular weight is 461 g/mol. The van der Waals surface area contributed by atoms with Crippen molar-refractivity contribution in [1.82, 2.24) is 0 Å². The second-order valence-corrected chi connectivity index (χ2v) is 8.74. The molecule has 0 radical (unpaired) electrons. The summed E-state index contributed by atoms with van der Waals surface area (Å²) in [5.41, 5.74) is -4.33. The fourth-order valence-corrected chi connectivity index (χ4v) is 6.14. The van der Waals surface area contributed by atoms with Gasteiger partial charge < -0.3 is 5.11 Å². The Morgan fingerprint density at radius 2 is 0.722 bits per heavy atom. The predicted molar refractivity (Wildman–Crippen MR) is 84.9 cm³/mol. The number of aliphatic hydroxyl groups is 1. The first-order chi connectivity index (χ1) is 7.97. The van der Waals surface area contributed by atoms with E-state index in [1.807, 2.05) is 0 Å². The minimum atomic E-state index is -2.35. The van der Waals surface area contributed by atoms with Crippen LogP contribution in [0.15, 0.2) is 0 Å². The van der Waals surface area contributed by atoms with Gasteiger partial charge in [0.05, 0.1) is 5.41 Å². The molecule has 0 atom stereocenters. The topological polar surface area (TPSA) is 20.2 Å². The summed E-state index contributed by atoms with van der Waals surface area (Å²) in [6.45, 7) is 0. The molecule has 0 bridgehead atoms. The molecule has 11 heteroatoms. The zero-order chi connectivity index (χ0) is 14.9. The fourth-order valence-electron chi connectivity index (χ4n) is 1.28. The monoisotopic (exact) mass is 456 g/mol. The first kappa shape index (κ1) is 20.9. The third-order valence-electron chi connectivity index (χ3n) is 2.44. The van der Waals surface area contributed by atoms with E-state index in [2.05, 4.69) is 0 Å². The molecule has 110 valence electrons. The molecule has 0 unspecified atom stereocenters. The van der Waals surface area contributed by atoms with Gasteiger partial charge in [-0.2, -0.15) is 0 Å². The maximum atomic E-state index is 10.6. The zero-order valence-electron chi connectivity index (χ0n) is 8.11. The van der Waals surface area contributed by atoms with Crippen molar-refractivity contribution in [3.63, 3.8) is 0 Å². The highest BCUT2D eigenvalue weighted by Gasteiger charge is 2.67. The van der Waals surface area contributed by atoms with Crippen LogP contribution in [0.3, 0.4) is 0 Å². The molecule has 0 saturated carbocycles. The minimum absolute atomic E-state index is 1.46. The summed E-state index contributed by atoms with van der Waals surface area (Å²) >= 11 is 57.5. The highest BCUT2D eigenvalue weighted by molar-refractivity contribution is 6.55. The first-order valence-corrected chi connectivity index (χ1v) is 8.46. The third-order valence-corrected chi connectivity index (χ3v) is 5.94. The second-order valence-electron chi connectivity index (χ2n) is 3.26. The van der Waals surface area contributed by atoms with Crippen molar-refractivity contribution in [2.75, 3.05) is 0 Å². The minimum Gasteiger partial charge on any atom is -0.383 e. The van der Waals surface area contributed by atoms with Crippen molar-refractivity contribution in [2.45, 2.75) is 29.8 Å². The molecule has 1 N–H and O–H groups in total. The van der Waals surface area contributed by atoms with Gasteiger partial charge in [-0.3, -0.25) is 0 Å². The lowest BCUT2D eigenvalue weighted by Crippen LogP contribution is -2.66. The van der Waals surface area contributed by atoms with Gasteiger partial charge in [0.1, 0.15) is 29.8 Å². The van der Waals surface area contributed by atoms with Gasteiger partial charge in [0.15, 0.2) is 0 Å². The molecule has 0 saturated heterocycles. The van der Waals surface area contributed by atoms with Crippen molar-refractivity contribution < 1.29 is 5.11 Å². The molecule has 0 rings (SSSR count). The van der Waals surface area contributed by atoms with Crippen LogP contribution in [0.4, 0.5) is 0 Å². The fraction of sp³-hybridized carbons (Fsp3) is 1.00. The van der Waals surface area contributed by atoms with Gasteiger partial charge in [0, 0.05) is 0 Å². The molecule has 0 aromatic rings. The quantitative estimate of drug-likeness (QED) is 0.503. The van der Waals surface area contributed by atoms with Crippen molar-refractivity contribution in [1.29, 1.82) is 0 Å². The second kappa shape index (κ2) is 7.92. The van der Waals surface area contributed by atoms with Gasteiger partial charge in [0.2, 0.25) is 0 Å². The van der Waals surface area contributed by atoms with Gasteiger partial charge in [-0.1, -0.05) is 0 Å². The Bertz CT molecular complexity index is 235. The van der Waals surface area contributed by atoms with Crippen molar-refractivity contribution in [3.05, 3.63) is 0 Å². The molecule has 0 heterocycles. The van der Waals surface area contributed by atoms with Gasteiger partial charge in [0.25, 0.3) is 0 Å². The van der Waals surface area contributed by atoms with Crippen LogP contribution in [0.2, 0.25) is 0 Å². The molecule has 0 aliphatic rings. The first-order valence-electron chi connectivity index (χ1n) is 4.10. The lowest BCUT2D eigenvalue weighted by molar-refractivity contribution is -0.0431. The molecular formula is C7H6Cl10O. The summed E-state index contributed by atoms with van der Waals surface area (Å²) < 4.78 is 0. The molecule has 0 aromatic heterocycles. The lowest BCUT2D eigenvalue weighted by atomic mass is 9.77. The van der Waals surface area contributed by atoms with E-state index in [-0.39, 0.29) is 0 Å². The molecule has 0 amide bonds. The van der Waals surface area contributed by atoms with E-state index >= 15 is 0 Å². The van der Waals surface area contributed by atoms with Gasteiger partial charge >= 0.3 is 0 Å². The number of rotatable bonds is 6. The van der Waals surface area contributed by atoms with Gasteiger partial charge in [-0.15, -0.1) is 116 Å².